The van der Waals surface area contributed by atoms with Gasteiger partial charge in [-0.2, -0.15) is 0 Å². The zero-order chi connectivity index (χ0) is 15.5. The molecule has 112 valence electrons. The van der Waals surface area contributed by atoms with Crippen molar-refractivity contribution < 1.29 is 4.79 Å². The lowest BCUT2D eigenvalue weighted by atomic mass is 10.2. The first kappa shape index (κ1) is 14.9. The number of carbonyl (C=O) groups is 1. The van der Waals surface area contributed by atoms with Gasteiger partial charge in [0.25, 0.3) is 0 Å². The second-order valence-electron chi connectivity index (χ2n) is 4.77. The quantitative estimate of drug-likeness (QED) is 0.667. The number of fused-ring (bicyclic) bond motifs is 1. The van der Waals surface area contributed by atoms with Gasteiger partial charge >= 0.3 is 6.03 Å². The molecule has 0 aliphatic rings. The van der Waals surface area contributed by atoms with E-state index in [0.29, 0.717) is 5.13 Å². The number of rotatable bonds is 3. The molecule has 4 nitrogen and oxygen atoms in total. The second kappa shape index (κ2) is 6.37. The summed E-state index contributed by atoms with van der Waals surface area (Å²) in [6.45, 7) is 1.99. The summed E-state index contributed by atoms with van der Waals surface area (Å²) in [4.78, 5) is 17.7. The highest BCUT2D eigenvalue weighted by Crippen LogP contribution is 2.32. The van der Waals surface area contributed by atoms with E-state index in [0.717, 1.165) is 26.4 Å². The number of carbonyl (C=O) groups excluding carboxylic acids is 1. The van der Waals surface area contributed by atoms with Crippen molar-refractivity contribution in [1.82, 2.24) is 4.98 Å². The molecule has 0 spiro atoms. The fraction of sp³-hybridized carbons (Fsp3) is 0.125. The third-order valence-electron chi connectivity index (χ3n) is 3.10. The number of benzene rings is 2. The van der Waals surface area contributed by atoms with Crippen LogP contribution >= 0.6 is 23.1 Å². The Morgan fingerprint density at radius 3 is 2.77 bits per heavy atom. The summed E-state index contributed by atoms with van der Waals surface area (Å²) >= 11 is 3.12. The van der Waals surface area contributed by atoms with Crippen LogP contribution in [-0.2, 0) is 0 Å². The van der Waals surface area contributed by atoms with E-state index in [1.807, 2.05) is 55.6 Å². The van der Waals surface area contributed by atoms with Gasteiger partial charge in [-0.25, -0.2) is 9.78 Å². The van der Waals surface area contributed by atoms with Crippen LogP contribution in [0.2, 0.25) is 0 Å². The van der Waals surface area contributed by atoms with Crippen molar-refractivity contribution in [3.8, 4) is 0 Å². The number of hydrogen-bond acceptors (Lipinski definition) is 4. The molecule has 1 heterocycles. The van der Waals surface area contributed by atoms with Gasteiger partial charge in [-0.1, -0.05) is 29.5 Å². The van der Waals surface area contributed by atoms with Crippen LogP contribution < -0.4 is 10.6 Å². The third kappa shape index (κ3) is 3.23. The molecule has 0 aliphatic carbocycles. The van der Waals surface area contributed by atoms with Gasteiger partial charge in [0.15, 0.2) is 5.13 Å². The Balaban J connectivity index is 1.76. The lowest BCUT2D eigenvalue weighted by Gasteiger charge is -2.05. The van der Waals surface area contributed by atoms with Crippen molar-refractivity contribution in [3.63, 3.8) is 0 Å². The maximum atomic E-state index is 12.1. The lowest BCUT2D eigenvalue weighted by molar-refractivity contribution is 0.262. The van der Waals surface area contributed by atoms with Crippen LogP contribution in [0.15, 0.2) is 47.4 Å². The Bertz CT molecular complexity index is 829. The zero-order valence-electron chi connectivity index (χ0n) is 12.2. The summed E-state index contributed by atoms with van der Waals surface area (Å²) in [6, 6.07) is 13.4. The van der Waals surface area contributed by atoms with Gasteiger partial charge in [-0.15, -0.1) is 11.8 Å². The Morgan fingerprint density at radius 1 is 1.18 bits per heavy atom. The predicted molar refractivity (Wildman–Crippen MR) is 95.2 cm³/mol. The van der Waals surface area contributed by atoms with E-state index in [-0.39, 0.29) is 6.03 Å². The van der Waals surface area contributed by atoms with E-state index >= 15 is 0 Å². The number of nitrogens with zero attached hydrogens (tertiary/aromatic N) is 1. The Kier molecular flexibility index (Phi) is 4.31. The van der Waals surface area contributed by atoms with Crippen molar-refractivity contribution in [3.05, 3.63) is 48.0 Å². The SMILES string of the molecule is CSc1cccc2sc(NC(=O)Nc3cccc(C)c3)nc12. The number of anilines is 2. The summed E-state index contributed by atoms with van der Waals surface area (Å²) in [6.07, 6.45) is 2.02. The maximum Gasteiger partial charge on any atom is 0.325 e. The number of amides is 2. The molecule has 3 rings (SSSR count). The molecule has 2 aromatic carbocycles. The predicted octanol–water partition coefficient (Wildman–Crippen LogP) is 4.97. The van der Waals surface area contributed by atoms with E-state index in [1.165, 1.54) is 11.3 Å². The van der Waals surface area contributed by atoms with Crippen molar-refractivity contribution in [2.75, 3.05) is 16.9 Å². The van der Waals surface area contributed by atoms with Crippen LogP contribution in [0, 0.1) is 6.92 Å². The van der Waals surface area contributed by atoms with Crippen molar-refractivity contribution in [2.45, 2.75) is 11.8 Å². The average molecular weight is 329 g/mol. The van der Waals surface area contributed by atoms with Crippen molar-refractivity contribution in [2.24, 2.45) is 0 Å². The van der Waals surface area contributed by atoms with E-state index in [4.69, 9.17) is 0 Å². The molecular formula is C16H15N3OS2. The number of hydrogen-bond donors (Lipinski definition) is 2. The smallest absolute Gasteiger partial charge is 0.308 e. The van der Waals surface area contributed by atoms with Gasteiger partial charge in [0, 0.05) is 10.6 Å². The number of nitrogens with one attached hydrogen (secondary N) is 2. The fourth-order valence-electron chi connectivity index (χ4n) is 2.12. The van der Waals surface area contributed by atoms with Gasteiger partial charge in [-0.05, 0) is 43.0 Å². The largest absolute Gasteiger partial charge is 0.325 e. The normalized spacial score (nSPS) is 10.6. The molecule has 0 fully saturated rings. The first-order chi connectivity index (χ1) is 10.7. The minimum Gasteiger partial charge on any atom is -0.308 e. The number of aromatic nitrogens is 1. The molecular weight excluding hydrogens is 314 g/mol. The summed E-state index contributed by atoms with van der Waals surface area (Å²) < 4.78 is 1.07. The molecule has 6 heteroatoms. The summed E-state index contributed by atoms with van der Waals surface area (Å²) in [5, 5.41) is 6.21. The number of para-hydroxylation sites is 1. The Hall–Kier alpha value is -2.05. The summed E-state index contributed by atoms with van der Waals surface area (Å²) in [5.74, 6) is 0. The van der Waals surface area contributed by atoms with Gasteiger partial charge in [0.05, 0.1) is 10.2 Å². The highest BCUT2D eigenvalue weighted by atomic mass is 32.2. The minimum absolute atomic E-state index is 0.282. The van der Waals surface area contributed by atoms with E-state index in [9.17, 15) is 4.79 Å². The molecule has 0 bridgehead atoms. The van der Waals surface area contributed by atoms with E-state index < -0.39 is 0 Å². The number of urea groups is 1. The second-order valence-corrected chi connectivity index (χ2v) is 6.65. The molecule has 0 unspecified atom stereocenters. The number of thioether (sulfide) groups is 1. The first-order valence-electron chi connectivity index (χ1n) is 6.74. The molecule has 2 amide bonds. The lowest BCUT2D eigenvalue weighted by Crippen LogP contribution is -2.19. The molecule has 0 saturated heterocycles. The molecule has 22 heavy (non-hydrogen) atoms. The fourth-order valence-corrected chi connectivity index (χ4v) is 3.64. The third-order valence-corrected chi connectivity index (χ3v) is 4.80. The number of aryl methyl sites for hydroxylation is 1. The topological polar surface area (TPSA) is 54.0 Å². The first-order valence-corrected chi connectivity index (χ1v) is 8.78. The summed E-state index contributed by atoms with van der Waals surface area (Å²) in [7, 11) is 0. The monoisotopic (exact) mass is 329 g/mol. The molecule has 0 saturated carbocycles. The minimum atomic E-state index is -0.282. The molecule has 0 aliphatic heterocycles. The van der Waals surface area contributed by atoms with Crippen LogP contribution in [0.25, 0.3) is 10.2 Å². The van der Waals surface area contributed by atoms with Crippen LogP contribution in [0.3, 0.4) is 0 Å². The van der Waals surface area contributed by atoms with Gasteiger partial charge in [0.2, 0.25) is 0 Å². The van der Waals surface area contributed by atoms with Crippen molar-refractivity contribution >= 4 is 50.2 Å². The zero-order valence-corrected chi connectivity index (χ0v) is 13.8. The molecule has 0 radical (unpaired) electrons. The van der Waals surface area contributed by atoms with Crippen LogP contribution in [0.5, 0.6) is 0 Å². The molecule has 1 aromatic heterocycles. The number of thiazole rings is 1. The summed E-state index contributed by atoms with van der Waals surface area (Å²) in [5.41, 5.74) is 2.80. The van der Waals surface area contributed by atoms with Crippen LogP contribution in [0.4, 0.5) is 15.6 Å². The molecule has 2 N–H and O–H groups in total. The van der Waals surface area contributed by atoms with Crippen LogP contribution in [0.1, 0.15) is 5.56 Å². The average Bonchev–Trinajstić information content (AvgIpc) is 2.89. The Labute approximate surface area is 137 Å². The van der Waals surface area contributed by atoms with Crippen LogP contribution in [-0.4, -0.2) is 17.3 Å². The molecule has 0 atom stereocenters. The van der Waals surface area contributed by atoms with E-state index in [2.05, 4.69) is 15.6 Å². The standard InChI is InChI=1S/C16H15N3OS2/c1-10-5-3-6-11(9-10)17-15(20)19-16-18-14-12(21-2)7-4-8-13(14)22-16/h3-9H,1-2H3,(H2,17,18,19,20). The molecule has 3 aromatic rings. The van der Waals surface area contributed by atoms with Crippen molar-refractivity contribution in [1.29, 1.82) is 0 Å². The highest BCUT2D eigenvalue weighted by Gasteiger charge is 2.10. The highest BCUT2D eigenvalue weighted by molar-refractivity contribution is 7.98. The van der Waals surface area contributed by atoms with Gasteiger partial charge in [0.1, 0.15) is 0 Å². The van der Waals surface area contributed by atoms with Gasteiger partial charge < -0.3 is 5.32 Å². The van der Waals surface area contributed by atoms with Gasteiger partial charge in [-0.3, -0.25) is 5.32 Å². The Morgan fingerprint density at radius 2 is 2.00 bits per heavy atom. The maximum absolute atomic E-state index is 12.1. The van der Waals surface area contributed by atoms with E-state index in [1.54, 1.807) is 11.8 Å².